The minimum atomic E-state index is -3.48. The Morgan fingerprint density at radius 1 is 1.33 bits per heavy atom. The molecule has 6 heteroatoms. The van der Waals surface area contributed by atoms with E-state index in [9.17, 15) is 8.42 Å². The number of nitrogens with two attached hydrogens (primary N) is 1. The zero-order valence-electron chi connectivity index (χ0n) is 12.7. The predicted molar refractivity (Wildman–Crippen MR) is 82.7 cm³/mol. The minimum absolute atomic E-state index is 0.101. The van der Waals surface area contributed by atoms with Crippen molar-refractivity contribution in [3.63, 3.8) is 0 Å². The highest BCUT2D eigenvalue weighted by Crippen LogP contribution is 2.30. The third-order valence-electron chi connectivity index (χ3n) is 4.29. The summed E-state index contributed by atoms with van der Waals surface area (Å²) in [5.41, 5.74) is 5.80. The Morgan fingerprint density at radius 3 is 2.52 bits per heavy atom. The molecule has 1 aliphatic heterocycles. The second-order valence-electron chi connectivity index (χ2n) is 5.48. The first-order valence-corrected chi connectivity index (χ1v) is 8.82. The maximum Gasteiger partial charge on any atom is 0.243 e. The smallest absolute Gasteiger partial charge is 0.243 e. The molecule has 2 N–H and O–H groups in total. The second kappa shape index (κ2) is 6.77. The number of hydrogen-bond acceptors (Lipinski definition) is 4. The van der Waals surface area contributed by atoms with E-state index in [1.165, 1.54) is 0 Å². The van der Waals surface area contributed by atoms with Crippen LogP contribution in [0.2, 0.25) is 0 Å². The number of benzene rings is 1. The van der Waals surface area contributed by atoms with Crippen LogP contribution < -0.4 is 10.5 Å². The molecule has 2 atom stereocenters. The molecule has 1 aromatic carbocycles. The Kier molecular flexibility index (Phi) is 5.24. The number of sulfonamides is 1. The number of hydrogen-bond donors (Lipinski definition) is 1. The number of nitrogens with zero attached hydrogens (tertiary/aromatic N) is 1. The molecule has 21 heavy (non-hydrogen) atoms. The molecule has 1 heterocycles. The van der Waals surface area contributed by atoms with Crippen molar-refractivity contribution in [1.29, 1.82) is 0 Å². The van der Waals surface area contributed by atoms with Gasteiger partial charge in [-0.3, -0.25) is 0 Å². The lowest BCUT2D eigenvalue weighted by Gasteiger charge is -2.37. The van der Waals surface area contributed by atoms with Crippen molar-refractivity contribution >= 4 is 10.0 Å². The monoisotopic (exact) mass is 312 g/mol. The van der Waals surface area contributed by atoms with E-state index in [1.54, 1.807) is 35.7 Å². The van der Waals surface area contributed by atoms with Gasteiger partial charge in [-0.2, -0.15) is 4.31 Å². The summed E-state index contributed by atoms with van der Waals surface area (Å²) in [4.78, 5) is 0.302. The van der Waals surface area contributed by atoms with Crippen LogP contribution in [-0.2, 0) is 10.0 Å². The Hall–Kier alpha value is -1.11. The normalized spacial score (nSPS) is 24.0. The maximum atomic E-state index is 12.8. The molecule has 0 aromatic heterocycles. The van der Waals surface area contributed by atoms with Gasteiger partial charge in [-0.15, -0.1) is 0 Å². The average Bonchev–Trinajstić information content (AvgIpc) is 2.54. The Bertz CT molecular complexity index is 557. The van der Waals surface area contributed by atoms with Crippen molar-refractivity contribution in [2.24, 2.45) is 11.7 Å². The van der Waals surface area contributed by atoms with E-state index in [0.717, 1.165) is 19.3 Å². The van der Waals surface area contributed by atoms with E-state index >= 15 is 0 Å². The molecule has 118 valence electrons. The fraction of sp³-hybridized carbons (Fsp3) is 0.600. The average molecular weight is 312 g/mol. The first-order valence-electron chi connectivity index (χ1n) is 7.38. The quantitative estimate of drug-likeness (QED) is 0.900. The molecule has 0 aliphatic carbocycles. The maximum absolute atomic E-state index is 12.8. The van der Waals surface area contributed by atoms with E-state index < -0.39 is 10.0 Å². The Balaban J connectivity index is 2.25. The predicted octanol–water partition coefficient (Wildman–Crippen LogP) is 1.83. The molecule has 1 saturated heterocycles. The van der Waals surface area contributed by atoms with Crippen LogP contribution in [0.25, 0.3) is 0 Å². The fourth-order valence-corrected chi connectivity index (χ4v) is 4.56. The number of piperidine rings is 1. The summed E-state index contributed by atoms with van der Waals surface area (Å²) in [5.74, 6) is 1.22. The Morgan fingerprint density at radius 2 is 2.00 bits per heavy atom. The lowest BCUT2D eigenvalue weighted by Crippen LogP contribution is -2.49. The van der Waals surface area contributed by atoms with E-state index in [0.29, 0.717) is 29.7 Å². The van der Waals surface area contributed by atoms with Crippen LogP contribution in [-0.4, -0.2) is 39.0 Å². The van der Waals surface area contributed by atoms with E-state index in [4.69, 9.17) is 10.5 Å². The van der Waals surface area contributed by atoms with Gasteiger partial charge in [0.1, 0.15) is 5.75 Å². The molecular formula is C15H24N2O3S. The lowest BCUT2D eigenvalue weighted by atomic mass is 9.90. The highest BCUT2D eigenvalue weighted by Gasteiger charge is 2.35. The van der Waals surface area contributed by atoms with Crippen LogP contribution in [0.15, 0.2) is 29.2 Å². The minimum Gasteiger partial charge on any atom is -0.497 e. The van der Waals surface area contributed by atoms with Crippen molar-refractivity contribution < 1.29 is 13.2 Å². The molecular weight excluding hydrogens is 288 g/mol. The molecule has 0 amide bonds. The first-order chi connectivity index (χ1) is 10.0. The highest BCUT2D eigenvalue weighted by molar-refractivity contribution is 7.89. The molecule has 0 radical (unpaired) electrons. The van der Waals surface area contributed by atoms with Crippen LogP contribution in [0, 0.1) is 5.92 Å². The standard InChI is InChI=1S/C15H24N2O3S/c1-3-12-8-9-17(13(10-12)11-16)21(18,19)15-6-4-14(20-2)5-7-15/h4-7,12-13H,3,8-11,16H2,1-2H3. The second-order valence-corrected chi connectivity index (χ2v) is 7.37. The van der Waals surface area contributed by atoms with Crippen LogP contribution >= 0.6 is 0 Å². The van der Waals surface area contributed by atoms with Gasteiger partial charge in [0, 0.05) is 19.1 Å². The number of rotatable bonds is 5. The summed E-state index contributed by atoms with van der Waals surface area (Å²) in [5, 5.41) is 0. The molecule has 2 unspecified atom stereocenters. The lowest BCUT2D eigenvalue weighted by molar-refractivity contribution is 0.197. The third kappa shape index (κ3) is 3.39. The van der Waals surface area contributed by atoms with E-state index in [-0.39, 0.29) is 6.04 Å². The zero-order chi connectivity index (χ0) is 15.5. The molecule has 1 aromatic rings. The van der Waals surface area contributed by atoms with Crippen molar-refractivity contribution in [2.75, 3.05) is 20.2 Å². The first kappa shape index (κ1) is 16.3. The van der Waals surface area contributed by atoms with Gasteiger partial charge in [0.25, 0.3) is 0 Å². The summed E-state index contributed by atoms with van der Waals surface area (Å²) < 4.78 is 32.2. The van der Waals surface area contributed by atoms with Crippen LogP contribution in [0.5, 0.6) is 5.75 Å². The third-order valence-corrected chi connectivity index (χ3v) is 6.25. The van der Waals surface area contributed by atoms with Crippen molar-refractivity contribution in [3.05, 3.63) is 24.3 Å². The van der Waals surface area contributed by atoms with Gasteiger partial charge in [0.05, 0.1) is 12.0 Å². The molecule has 1 aliphatic rings. The molecule has 2 rings (SSSR count). The van der Waals surface area contributed by atoms with Crippen molar-refractivity contribution in [2.45, 2.75) is 37.1 Å². The van der Waals surface area contributed by atoms with Gasteiger partial charge in [-0.25, -0.2) is 8.42 Å². The molecule has 0 spiro atoms. The van der Waals surface area contributed by atoms with E-state index in [1.807, 2.05) is 0 Å². The number of methoxy groups -OCH3 is 1. The van der Waals surface area contributed by atoms with Crippen LogP contribution in [0.3, 0.4) is 0 Å². The molecule has 0 saturated carbocycles. The SMILES string of the molecule is CCC1CCN(S(=O)(=O)c2ccc(OC)cc2)C(CN)C1. The van der Waals surface area contributed by atoms with Gasteiger partial charge >= 0.3 is 0 Å². The van der Waals surface area contributed by atoms with Crippen LogP contribution in [0.1, 0.15) is 26.2 Å². The topological polar surface area (TPSA) is 72.6 Å². The zero-order valence-corrected chi connectivity index (χ0v) is 13.5. The summed E-state index contributed by atoms with van der Waals surface area (Å²) in [6, 6.07) is 6.42. The van der Waals surface area contributed by atoms with Crippen molar-refractivity contribution in [1.82, 2.24) is 4.31 Å². The van der Waals surface area contributed by atoms with Gasteiger partial charge in [0.15, 0.2) is 0 Å². The summed E-state index contributed by atoms with van der Waals surface area (Å²) in [6.45, 7) is 3.06. The molecule has 5 nitrogen and oxygen atoms in total. The fourth-order valence-electron chi connectivity index (χ4n) is 2.90. The van der Waals surface area contributed by atoms with Gasteiger partial charge < -0.3 is 10.5 Å². The molecule has 1 fully saturated rings. The van der Waals surface area contributed by atoms with Crippen LogP contribution in [0.4, 0.5) is 0 Å². The Labute approximate surface area is 127 Å². The summed E-state index contributed by atoms with van der Waals surface area (Å²) >= 11 is 0. The van der Waals surface area contributed by atoms with Crippen molar-refractivity contribution in [3.8, 4) is 5.75 Å². The largest absolute Gasteiger partial charge is 0.497 e. The highest BCUT2D eigenvalue weighted by atomic mass is 32.2. The van der Waals surface area contributed by atoms with Gasteiger partial charge in [0.2, 0.25) is 10.0 Å². The summed E-state index contributed by atoms with van der Waals surface area (Å²) in [6.07, 6.45) is 2.83. The number of ether oxygens (including phenoxy) is 1. The van der Waals surface area contributed by atoms with Gasteiger partial charge in [-0.05, 0) is 43.0 Å². The van der Waals surface area contributed by atoms with E-state index in [2.05, 4.69) is 6.92 Å². The summed E-state index contributed by atoms with van der Waals surface area (Å²) in [7, 11) is -1.92. The molecule has 0 bridgehead atoms. The van der Waals surface area contributed by atoms with Gasteiger partial charge in [-0.1, -0.05) is 13.3 Å².